The summed E-state index contributed by atoms with van der Waals surface area (Å²) in [5, 5.41) is 11.7. The fraction of sp³-hybridized carbons (Fsp3) is 0.227. The molecule has 140 valence electrons. The molecular weight excluding hydrogens is 388 g/mol. The Morgan fingerprint density at radius 2 is 1.86 bits per heavy atom. The Labute approximate surface area is 173 Å². The van der Waals surface area contributed by atoms with Crippen molar-refractivity contribution in [2.75, 3.05) is 0 Å². The number of pyridine rings is 1. The first kappa shape index (κ1) is 17.7. The van der Waals surface area contributed by atoms with Crippen molar-refractivity contribution in [3.05, 3.63) is 82.8 Å². The molecule has 0 amide bonds. The zero-order valence-electron chi connectivity index (χ0n) is 15.3. The molecule has 5 rings (SSSR count). The fourth-order valence-electron chi connectivity index (χ4n) is 3.42. The van der Waals surface area contributed by atoms with Crippen LogP contribution in [-0.2, 0) is 12.3 Å². The van der Waals surface area contributed by atoms with Gasteiger partial charge in [0.2, 0.25) is 0 Å². The first-order valence-corrected chi connectivity index (χ1v) is 10.8. The van der Waals surface area contributed by atoms with Crippen molar-refractivity contribution in [3.63, 3.8) is 0 Å². The maximum atomic E-state index is 6.33. The van der Waals surface area contributed by atoms with Crippen LogP contribution in [0.2, 0.25) is 5.02 Å². The van der Waals surface area contributed by atoms with E-state index in [0.717, 1.165) is 44.8 Å². The van der Waals surface area contributed by atoms with E-state index in [1.54, 1.807) is 11.8 Å². The first-order valence-electron chi connectivity index (χ1n) is 9.41. The molecule has 1 aliphatic carbocycles. The van der Waals surface area contributed by atoms with E-state index in [1.807, 2.05) is 30.5 Å². The van der Waals surface area contributed by atoms with Gasteiger partial charge in [0.05, 0.1) is 12.1 Å². The largest absolute Gasteiger partial charge is 0.301 e. The number of fused-ring (bicyclic) bond motifs is 1. The van der Waals surface area contributed by atoms with Gasteiger partial charge in [-0.1, -0.05) is 59.8 Å². The van der Waals surface area contributed by atoms with Gasteiger partial charge in [0, 0.05) is 28.3 Å². The number of benzene rings is 2. The van der Waals surface area contributed by atoms with Crippen molar-refractivity contribution in [3.8, 4) is 0 Å². The van der Waals surface area contributed by atoms with Crippen molar-refractivity contribution < 1.29 is 0 Å². The summed E-state index contributed by atoms with van der Waals surface area (Å²) in [7, 11) is 0. The topological polar surface area (TPSA) is 43.6 Å². The van der Waals surface area contributed by atoms with Gasteiger partial charge in [0.15, 0.2) is 5.16 Å². The van der Waals surface area contributed by atoms with Gasteiger partial charge in [-0.2, -0.15) is 0 Å². The highest BCUT2D eigenvalue weighted by Crippen LogP contribution is 2.40. The molecule has 28 heavy (non-hydrogen) atoms. The van der Waals surface area contributed by atoms with Crippen molar-refractivity contribution in [2.24, 2.45) is 0 Å². The van der Waals surface area contributed by atoms with E-state index in [9.17, 15) is 0 Å². The Morgan fingerprint density at radius 1 is 1.00 bits per heavy atom. The van der Waals surface area contributed by atoms with E-state index < -0.39 is 0 Å². The number of rotatable bonds is 6. The lowest BCUT2D eigenvalue weighted by atomic mass is 10.1. The monoisotopic (exact) mass is 406 g/mol. The van der Waals surface area contributed by atoms with Crippen molar-refractivity contribution in [1.82, 2.24) is 19.7 Å². The van der Waals surface area contributed by atoms with Crippen LogP contribution in [0.4, 0.5) is 0 Å². The highest BCUT2D eigenvalue weighted by atomic mass is 35.5. The van der Waals surface area contributed by atoms with E-state index in [2.05, 4.69) is 50.1 Å². The third kappa shape index (κ3) is 3.52. The highest BCUT2D eigenvalue weighted by molar-refractivity contribution is 7.98. The van der Waals surface area contributed by atoms with Gasteiger partial charge in [-0.05, 0) is 42.2 Å². The molecule has 2 aromatic carbocycles. The van der Waals surface area contributed by atoms with E-state index >= 15 is 0 Å². The summed E-state index contributed by atoms with van der Waals surface area (Å²) in [6.45, 7) is 0.807. The molecule has 0 N–H and O–H groups in total. The lowest BCUT2D eigenvalue weighted by Gasteiger charge is -2.11. The van der Waals surface area contributed by atoms with Crippen LogP contribution in [0.5, 0.6) is 0 Å². The second-order valence-corrected chi connectivity index (χ2v) is 8.43. The standard InChI is InChI=1S/C22H19ClN4S/c23-19-11-10-17(20-18(19)7-4-12-24-20)14-28-22-26-25-21(16-8-9-16)27(22)13-15-5-2-1-3-6-15/h1-7,10-12,16H,8-9,13-14H2. The fourth-order valence-corrected chi connectivity index (χ4v) is 4.57. The van der Waals surface area contributed by atoms with Gasteiger partial charge in [-0.15, -0.1) is 10.2 Å². The van der Waals surface area contributed by atoms with Gasteiger partial charge >= 0.3 is 0 Å². The molecule has 1 saturated carbocycles. The molecule has 4 nitrogen and oxygen atoms in total. The van der Waals surface area contributed by atoms with Gasteiger partial charge < -0.3 is 4.57 Å². The summed E-state index contributed by atoms with van der Waals surface area (Å²) in [6, 6.07) is 18.5. The van der Waals surface area contributed by atoms with Gasteiger partial charge in [-0.3, -0.25) is 4.98 Å². The number of hydrogen-bond acceptors (Lipinski definition) is 4. The van der Waals surface area contributed by atoms with Crippen LogP contribution in [0, 0.1) is 0 Å². The average Bonchev–Trinajstić information content (AvgIpc) is 3.51. The van der Waals surface area contributed by atoms with Gasteiger partial charge in [-0.25, -0.2) is 0 Å². The average molecular weight is 407 g/mol. The molecule has 1 aliphatic rings. The molecule has 4 aromatic rings. The Morgan fingerprint density at radius 3 is 2.68 bits per heavy atom. The van der Waals surface area contributed by atoms with Crippen LogP contribution < -0.4 is 0 Å². The van der Waals surface area contributed by atoms with E-state index in [4.69, 9.17) is 11.6 Å². The number of aromatic nitrogens is 4. The van der Waals surface area contributed by atoms with Crippen LogP contribution in [0.25, 0.3) is 10.9 Å². The molecule has 2 aromatic heterocycles. The summed E-state index contributed by atoms with van der Waals surface area (Å²) >= 11 is 8.05. The molecule has 2 heterocycles. The summed E-state index contributed by atoms with van der Waals surface area (Å²) in [5.74, 6) is 2.46. The summed E-state index contributed by atoms with van der Waals surface area (Å²) in [4.78, 5) is 4.55. The lowest BCUT2D eigenvalue weighted by Crippen LogP contribution is -2.06. The second kappa shape index (κ2) is 7.57. The first-order chi connectivity index (χ1) is 13.8. The summed E-state index contributed by atoms with van der Waals surface area (Å²) < 4.78 is 2.28. The number of thioether (sulfide) groups is 1. The third-order valence-corrected chi connectivity index (χ3v) is 6.37. The van der Waals surface area contributed by atoms with Crippen LogP contribution in [-0.4, -0.2) is 19.7 Å². The number of nitrogens with zero attached hydrogens (tertiary/aromatic N) is 4. The maximum absolute atomic E-state index is 6.33. The molecule has 0 atom stereocenters. The molecule has 0 saturated heterocycles. The minimum absolute atomic E-state index is 0.559. The van der Waals surface area contributed by atoms with Crippen molar-refractivity contribution in [2.45, 2.75) is 36.2 Å². The Bertz CT molecular complexity index is 1120. The molecular formula is C22H19ClN4S. The van der Waals surface area contributed by atoms with E-state index in [1.165, 1.54) is 18.4 Å². The quantitative estimate of drug-likeness (QED) is 0.385. The van der Waals surface area contributed by atoms with Crippen molar-refractivity contribution >= 4 is 34.3 Å². The minimum Gasteiger partial charge on any atom is -0.301 e. The van der Waals surface area contributed by atoms with Gasteiger partial charge in [0.1, 0.15) is 5.82 Å². The molecule has 1 fully saturated rings. The molecule has 6 heteroatoms. The molecule has 0 unspecified atom stereocenters. The summed E-state index contributed by atoms with van der Waals surface area (Å²) in [6.07, 6.45) is 4.24. The predicted octanol–water partition coefficient (Wildman–Crippen LogP) is 5.70. The summed E-state index contributed by atoms with van der Waals surface area (Å²) in [5.41, 5.74) is 3.39. The smallest absolute Gasteiger partial charge is 0.191 e. The Balaban J connectivity index is 1.44. The Kier molecular flexibility index (Phi) is 4.79. The maximum Gasteiger partial charge on any atom is 0.191 e. The van der Waals surface area contributed by atoms with E-state index in [0.29, 0.717) is 5.92 Å². The van der Waals surface area contributed by atoms with E-state index in [-0.39, 0.29) is 0 Å². The van der Waals surface area contributed by atoms with Crippen LogP contribution >= 0.6 is 23.4 Å². The third-order valence-electron chi connectivity index (χ3n) is 5.03. The zero-order valence-corrected chi connectivity index (χ0v) is 16.8. The molecule has 0 spiro atoms. The number of hydrogen-bond donors (Lipinski definition) is 0. The van der Waals surface area contributed by atoms with Gasteiger partial charge in [0.25, 0.3) is 0 Å². The van der Waals surface area contributed by atoms with Crippen LogP contribution in [0.15, 0.2) is 66.0 Å². The highest BCUT2D eigenvalue weighted by Gasteiger charge is 2.30. The van der Waals surface area contributed by atoms with Crippen molar-refractivity contribution in [1.29, 1.82) is 0 Å². The zero-order chi connectivity index (χ0) is 18.9. The number of halogens is 1. The van der Waals surface area contributed by atoms with Crippen LogP contribution in [0.3, 0.4) is 0 Å². The predicted molar refractivity (Wildman–Crippen MR) is 114 cm³/mol. The molecule has 0 aliphatic heterocycles. The normalized spacial score (nSPS) is 13.9. The minimum atomic E-state index is 0.559. The molecule has 0 radical (unpaired) electrons. The second-order valence-electron chi connectivity index (χ2n) is 7.08. The SMILES string of the molecule is Clc1ccc(CSc2nnc(C3CC3)n2Cc2ccccc2)c2ncccc12. The Hall–Kier alpha value is -2.37. The molecule has 0 bridgehead atoms. The lowest BCUT2D eigenvalue weighted by molar-refractivity contribution is 0.667. The van der Waals surface area contributed by atoms with Crippen LogP contribution in [0.1, 0.15) is 35.7 Å².